The second-order valence-electron chi connectivity index (χ2n) is 11.4. The van der Waals surface area contributed by atoms with Crippen molar-refractivity contribution in [2.24, 2.45) is 0 Å². The fourth-order valence-electron chi connectivity index (χ4n) is 6.82. The number of thiophene rings is 1. The first kappa shape index (κ1) is 27.2. The van der Waals surface area contributed by atoms with Gasteiger partial charge < -0.3 is 15.1 Å². The summed E-state index contributed by atoms with van der Waals surface area (Å²) in [5.41, 5.74) is 2.93. The lowest BCUT2D eigenvalue weighted by molar-refractivity contribution is -0.124. The quantitative estimate of drug-likeness (QED) is 0.364. The Balaban J connectivity index is 1.09. The average molecular weight is 557 g/mol. The van der Waals surface area contributed by atoms with Crippen molar-refractivity contribution in [3.8, 4) is 0 Å². The van der Waals surface area contributed by atoms with Crippen molar-refractivity contribution < 1.29 is 9.59 Å². The van der Waals surface area contributed by atoms with Gasteiger partial charge >= 0.3 is 0 Å². The van der Waals surface area contributed by atoms with Crippen LogP contribution in [0.25, 0.3) is 0 Å². The summed E-state index contributed by atoms with van der Waals surface area (Å²) < 4.78 is 0. The molecule has 0 spiro atoms. The maximum absolute atomic E-state index is 13.9. The monoisotopic (exact) mass is 556 g/mol. The second kappa shape index (κ2) is 12.7. The molecule has 1 aromatic heterocycles. The number of benzene rings is 2. The first-order valence-corrected chi connectivity index (χ1v) is 15.8. The van der Waals surface area contributed by atoms with Gasteiger partial charge in [0.05, 0.1) is 12.0 Å². The minimum Gasteiger partial charge on any atom is -0.355 e. The summed E-state index contributed by atoms with van der Waals surface area (Å²) in [6.45, 7) is 6.93. The lowest BCUT2D eigenvalue weighted by atomic mass is 9.80. The highest BCUT2D eigenvalue weighted by Gasteiger charge is 2.47. The normalized spacial score (nSPS) is 22.4. The molecular formula is C33H40N4O2S. The molecule has 2 atom stereocenters. The van der Waals surface area contributed by atoms with Crippen LogP contribution in [0, 0.1) is 0 Å². The third kappa shape index (κ3) is 5.87. The number of piperazine rings is 1. The maximum Gasteiger partial charge on any atom is 0.254 e. The summed E-state index contributed by atoms with van der Waals surface area (Å²) in [7, 11) is 0. The highest BCUT2D eigenvalue weighted by Crippen LogP contribution is 2.47. The van der Waals surface area contributed by atoms with Gasteiger partial charge in [0.15, 0.2) is 0 Å². The van der Waals surface area contributed by atoms with Gasteiger partial charge in [0, 0.05) is 55.8 Å². The molecule has 2 amide bonds. The Labute approximate surface area is 242 Å². The van der Waals surface area contributed by atoms with Crippen molar-refractivity contribution in [1.82, 2.24) is 20.0 Å². The summed E-state index contributed by atoms with van der Waals surface area (Å²) in [6, 6.07) is 22.5. The Morgan fingerprint density at radius 3 is 2.35 bits per heavy atom. The van der Waals surface area contributed by atoms with Gasteiger partial charge in [-0.3, -0.25) is 14.5 Å². The predicted molar refractivity (Wildman–Crippen MR) is 160 cm³/mol. The number of fused-ring (bicyclic) bond motifs is 1. The van der Waals surface area contributed by atoms with E-state index in [1.54, 1.807) is 11.3 Å². The fraction of sp³-hybridized carbons (Fsp3) is 0.455. The molecule has 210 valence electrons. The number of carbonyl (C=O) groups is 2. The Bertz CT molecular complexity index is 1270. The van der Waals surface area contributed by atoms with E-state index in [1.165, 1.54) is 5.56 Å². The molecule has 1 aliphatic carbocycles. The summed E-state index contributed by atoms with van der Waals surface area (Å²) in [5, 5.41) is 5.34. The molecule has 1 saturated carbocycles. The first-order valence-electron chi connectivity index (χ1n) is 14.9. The molecule has 1 N–H and O–H groups in total. The number of hydrogen-bond acceptors (Lipinski definition) is 5. The summed E-state index contributed by atoms with van der Waals surface area (Å²) >= 11 is 1.65. The lowest BCUT2D eigenvalue weighted by Crippen LogP contribution is -2.51. The molecule has 7 heteroatoms. The van der Waals surface area contributed by atoms with Crippen molar-refractivity contribution >= 4 is 23.2 Å². The van der Waals surface area contributed by atoms with E-state index < -0.39 is 5.92 Å². The van der Waals surface area contributed by atoms with Crippen LogP contribution < -0.4 is 5.32 Å². The van der Waals surface area contributed by atoms with Crippen LogP contribution in [0.2, 0.25) is 0 Å². The Kier molecular flexibility index (Phi) is 8.61. The zero-order valence-corrected chi connectivity index (χ0v) is 24.0. The standard InChI is InChI=1S/C33H40N4O2S/c38-32(34-17-9-18-35-19-21-36(22-20-35)24-25-10-2-1-3-11-25)30-27-14-6-7-15-28(27)33(39)37(26-12-4-5-13-26)31(30)29-16-8-23-40-29/h1-3,6-8,10-11,14-16,23,26,30-31H,4-5,9,12-13,17-22,24H2,(H,34,38)/t30-,31+/m0/s1. The molecule has 0 unspecified atom stereocenters. The van der Waals surface area contributed by atoms with Gasteiger partial charge in [-0.15, -0.1) is 11.3 Å². The number of amides is 2. The predicted octanol–water partition coefficient (Wildman–Crippen LogP) is 5.30. The molecule has 3 aromatic rings. The van der Waals surface area contributed by atoms with Gasteiger partial charge in [0.25, 0.3) is 5.91 Å². The molecule has 6 nitrogen and oxygen atoms in total. The Hall–Kier alpha value is -3.00. The first-order chi connectivity index (χ1) is 19.7. The van der Waals surface area contributed by atoms with Gasteiger partial charge in [-0.1, -0.05) is 67.4 Å². The van der Waals surface area contributed by atoms with Crippen LogP contribution in [-0.4, -0.2) is 71.8 Å². The van der Waals surface area contributed by atoms with E-state index in [0.29, 0.717) is 12.1 Å². The molecule has 1 saturated heterocycles. The number of rotatable bonds is 9. The number of hydrogen-bond donors (Lipinski definition) is 1. The van der Waals surface area contributed by atoms with Gasteiger partial charge in [-0.25, -0.2) is 0 Å². The van der Waals surface area contributed by atoms with E-state index in [1.807, 2.05) is 30.3 Å². The number of carbonyl (C=O) groups excluding carboxylic acids is 2. The molecule has 40 heavy (non-hydrogen) atoms. The van der Waals surface area contributed by atoms with Crippen molar-refractivity contribution in [3.63, 3.8) is 0 Å². The maximum atomic E-state index is 13.9. The van der Waals surface area contributed by atoms with Crippen molar-refractivity contribution in [2.45, 2.75) is 56.7 Å². The topological polar surface area (TPSA) is 55.9 Å². The third-order valence-corrected chi connectivity index (χ3v) is 9.82. The van der Waals surface area contributed by atoms with Crippen molar-refractivity contribution in [3.05, 3.63) is 93.7 Å². The van der Waals surface area contributed by atoms with Gasteiger partial charge in [-0.05, 0) is 54.4 Å². The highest BCUT2D eigenvalue weighted by molar-refractivity contribution is 7.10. The van der Waals surface area contributed by atoms with Crippen LogP contribution in [0.3, 0.4) is 0 Å². The minimum atomic E-state index is -0.394. The van der Waals surface area contributed by atoms with E-state index in [9.17, 15) is 9.59 Å². The summed E-state index contributed by atoms with van der Waals surface area (Å²) in [5.74, 6) is -0.278. The smallest absolute Gasteiger partial charge is 0.254 e. The average Bonchev–Trinajstić information content (AvgIpc) is 3.72. The molecule has 2 aliphatic heterocycles. The molecule has 2 fully saturated rings. The van der Waals surface area contributed by atoms with Crippen molar-refractivity contribution in [2.75, 3.05) is 39.3 Å². The Morgan fingerprint density at radius 2 is 1.60 bits per heavy atom. The van der Waals surface area contributed by atoms with Crippen LogP contribution >= 0.6 is 11.3 Å². The fourth-order valence-corrected chi connectivity index (χ4v) is 7.68. The van der Waals surface area contributed by atoms with Gasteiger partial charge in [0.1, 0.15) is 0 Å². The van der Waals surface area contributed by atoms with E-state index in [4.69, 9.17) is 0 Å². The zero-order chi connectivity index (χ0) is 27.3. The largest absolute Gasteiger partial charge is 0.355 e. The van der Waals surface area contributed by atoms with Gasteiger partial charge in [0.2, 0.25) is 5.91 Å². The van der Waals surface area contributed by atoms with E-state index in [-0.39, 0.29) is 23.9 Å². The summed E-state index contributed by atoms with van der Waals surface area (Å²) in [6.07, 6.45) is 5.24. The van der Waals surface area contributed by atoms with Crippen LogP contribution in [0.5, 0.6) is 0 Å². The van der Waals surface area contributed by atoms with Crippen LogP contribution in [0.15, 0.2) is 72.1 Å². The molecule has 3 aliphatic rings. The lowest BCUT2D eigenvalue weighted by Gasteiger charge is -2.44. The summed E-state index contributed by atoms with van der Waals surface area (Å²) in [4.78, 5) is 36.0. The number of nitrogens with one attached hydrogen (secondary N) is 1. The van der Waals surface area contributed by atoms with Crippen LogP contribution in [-0.2, 0) is 11.3 Å². The zero-order valence-electron chi connectivity index (χ0n) is 23.2. The van der Waals surface area contributed by atoms with Gasteiger partial charge in [-0.2, -0.15) is 0 Å². The van der Waals surface area contributed by atoms with Crippen molar-refractivity contribution in [1.29, 1.82) is 0 Å². The molecule has 0 bridgehead atoms. The van der Waals surface area contributed by atoms with E-state index in [0.717, 1.165) is 81.8 Å². The molecular weight excluding hydrogens is 516 g/mol. The number of nitrogens with zero attached hydrogens (tertiary/aromatic N) is 3. The van der Waals surface area contributed by atoms with Crippen LogP contribution in [0.4, 0.5) is 0 Å². The van der Waals surface area contributed by atoms with E-state index >= 15 is 0 Å². The SMILES string of the molecule is O=C(NCCCN1CCN(Cc2ccccc2)CC1)[C@H]1c2ccccc2C(=O)N(C2CCCC2)[C@@H]1c1cccs1. The van der Waals surface area contributed by atoms with E-state index in [2.05, 4.69) is 61.8 Å². The second-order valence-corrected chi connectivity index (χ2v) is 12.4. The molecule has 2 aromatic carbocycles. The third-order valence-electron chi connectivity index (χ3n) is 8.88. The highest BCUT2D eigenvalue weighted by atomic mass is 32.1. The minimum absolute atomic E-state index is 0.0361. The molecule has 3 heterocycles. The van der Waals surface area contributed by atoms with Crippen LogP contribution in [0.1, 0.15) is 70.4 Å². The molecule has 0 radical (unpaired) electrons. The Morgan fingerprint density at radius 1 is 0.875 bits per heavy atom. The molecule has 6 rings (SSSR count).